The zero-order valence-corrected chi connectivity index (χ0v) is 9.66. The fourth-order valence-electron chi connectivity index (χ4n) is 1.70. The Hall–Kier alpha value is -1.16. The molecule has 4 heteroatoms. The molecule has 0 fully saturated rings. The second-order valence-corrected chi connectivity index (χ2v) is 4.18. The van der Waals surface area contributed by atoms with Crippen molar-refractivity contribution in [2.45, 2.75) is 0 Å². The van der Waals surface area contributed by atoms with Crippen LogP contribution in [0.4, 0.5) is 0 Å². The molecule has 15 heavy (non-hydrogen) atoms. The number of hydrogen-bond donors (Lipinski definition) is 0. The van der Waals surface area contributed by atoms with Gasteiger partial charge in [-0.3, -0.25) is 9.59 Å². The number of fused-ring (bicyclic) bond motifs is 1. The minimum absolute atomic E-state index is 0.0196. The smallest absolute Gasteiger partial charge is 0.255 e. The van der Waals surface area contributed by atoms with Crippen LogP contribution in [0.1, 0.15) is 20.7 Å². The third kappa shape index (κ3) is 1.81. The van der Waals surface area contributed by atoms with Gasteiger partial charge in [-0.15, -0.1) is 0 Å². The molecule has 0 aliphatic carbocycles. The number of carbonyl (C=O) groups is 2. The molecule has 1 amide bonds. The molecule has 1 aromatic rings. The van der Waals surface area contributed by atoms with Gasteiger partial charge < -0.3 is 4.90 Å². The zero-order valence-electron chi connectivity index (χ0n) is 8.07. The summed E-state index contributed by atoms with van der Waals surface area (Å²) < 4.78 is 0. The summed E-state index contributed by atoms with van der Waals surface area (Å²) >= 11 is 3.27. The van der Waals surface area contributed by atoms with E-state index in [0.29, 0.717) is 23.0 Å². The predicted molar refractivity (Wildman–Crippen MR) is 60.5 cm³/mol. The summed E-state index contributed by atoms with van der Waals surface area (Å²) in [4.78, 5) is 25.2. The van der Waals surface area contributed by atoms with Gasteiger partial charge in [-0.25, -0.2) is 0 Å². The van der Waals surface area contributed by atoms with Crippen molar-refractivity contribution in [1.82, 2.24) is 4.90 Å². The third-order valence-corrected chi connectivity index (χ3v) is 2.79. The number of alkyl halides is 1. The van der Waals surface area contributed by atoms with Gasteiger partial charge in [-0.2, -0.15) is 0 Å². The van der Waals surface area contributed by atoms with Gasteiger partial charge >= 0.3 is 0 Å². The number of ketones is 1. The number of benzene rings is 1. The molecule has 0 spiro atoms. The summed E-state index contributed by atoms with van der Waals surface area (Å²) in [5.74, 6) is -0.0317. The summed E-state index contributed by atoms with van der Waals surface area (Å²) in [6.07, 6.45) is 0. The minimum Gasteiger partial charge on any atom is -0.330 e. The maximum Gasteiger partial charge on any atom is 0.255 e. The van der Waals surface area contributed by atoms with Crippen molar-refractivity contribution >= 4 is 27.6 Å². The number of carbonyl (C=O) groups excluding carboxylic acids is 2. The van der Waals surface area contributed by atoms with E-state index in [1.54, 1.807) is 29.2 Å². The van der Waals surface area contributed by atoms with Crippen molar-refractivity contribution in [1.29, 1.82) is 0 Å². The predicted octanol–water partition coefficient (Wildman–Crippen LogP) is 1.72. The zero-order chi connectivity index (χ0) is 10.8. The van der Waals surface area contributed by atoms with Gasteiger partial charge in [0, 0.05) is 17.4 Å². The quantitative estimate of drug-likeness (QED) is 0.766. The standard InChI is InChI=1S/C11H10BrNO2/c12-5-6-13-7-10(14)8-3-1-2-4-9(8)11(13)15/h1-4H,5-7H2. The van der Waals surface area contributed by atoms with Gasteiger partial charge in [0.05, 0.1) is 12.1 Å². The molecule has 1 aliphatic heterocycles. The van der Waals surface area contributed by atoms with Crippen LogP contribution in [0.15, 0.2) is 24.3 Å². The lowest BCUT2D eigenvalue weighted by molar-refractivity contribution is 0.0691. The van der Waals surface area contributed by atoms with Crippen molar-refractivity contribution < 1.29 is 9.59 Å². The highest BCUT2D eigenvalue weighted by atomic mass is 79.9. The van der Waals surface area contributed by atoms with Crippen LogP contribution in [0.2, 0.25) is 0 Å². The first-order valence-corrected chi connectivity index (χ1v) is 5.83. The Morgan fingerprint density at radius 3 is 2.53 bits per heavy atom. The second kappa shape index (κ2) is 4.14. The van der Waals surface area contributed by atoms with E-state index < -0.39 is 0 Å². The van der Waals surface area contributed by atoms with Gasteiger partial charge in [0.25, 0.3) is 5.91 Å². The Bertz CT molecular complexity index is 417. The van der Waals surface area contributed by atoms with E-state index in [1.807, 2.05) is 0 Å². The minimum atomic E-state index is -0.0512. The first kappa shape index (κ1) is 10.4. The molecule has 2 rings (SSSR count). The number of nitrogens with zero attached hydrogens (tertiary/aromatic N) is 1. The van der Waals surface area contributed by atoms with E-state index in [1.165, 1.54) is 0 Å². The number of hydrogen-bond acceptors (Lipinski definition) is 2. The summed E-state index contributed by atoms with van der Waals surface area (Å²) in [7, 11) is 0. The van der Waals surface area contributed by atoms with Gasteiger partial charge in [-0.05, 0) is 6.07 Å². The van der Waals surface area contributed by atoms with Gasteiger partial charge in [0.2, 0.25) is 0 Å². The molecular weight excluding hydrogens is 258 g/mol. The van der Waals surface area contributed by atoms with Crippen LogP contribution < -0.4 is 0 Å². The molecule has 0 saturated heterocycles. The van der Waals surface area contributed by atoms with E-state index in [-0.39, 0.29) is 18.2 Å². The molecule has 0 bridgehead atoms. The highest BCUT2D eigenvalue weighted by Gasteiger charge is 2.28. The molecule has 0 saturated carbocycles. The molecule has 0 N–H and O–H groups in total. The summed E-state index contributed by atoms with van der Waals surface area (Å²) in [6, 6.07) is 6.98. The molecule has 1 aliphatic rings. The van der Waals surface area contributed by atoms with Crippen molar-refractivity contribution in [3.8, 4) is 0 Å². The molecule has 78 valence electrons. The first-order chi connectivity index (χ1) is 7.24. The van der Waals surface area contributed by atoms with E-state index in [2.05, 4.69) is 15.9 Å². The number of Topliss-reactive ketones (excluding diaryl/α,β-unsaturated/α-hetero) is 1. The van der Waals surface area contributed by atoms with Crippen LogP contribution >= 0.6 is 15.9 Å². The van der Waals surface area contributed by atoms with E-state index >= 15 is 0 Å². The molecule has 0 unspecified atom stereocenters. The Morgan fingerprint density at radius 1 is 1.20 bits per heavy atom. The monoisotopic (exact) mass is 267 g/mol. The molecule has 0 aromatic heterocycles. The maximum absolute atomic E-state index is 11.9. The number of halogens is 1. The van der Waals surface area contributed by atoms with Crippen molar-refractivity contribution in [3.63, 3.8) is 0 Å². The molecule has 3 nitrogen and oxygen atoms in total. The number of amides is 1. The molecular formula is C11H10BrNO2. The fourth-order valence-corrected chi connectivity index (χ4v) is 2.12. The Morgan fingerprint density at radius 2 is 1.87 bits per heavy atom. The van der Waals surface area contributed by atoms with Crippen LogP contribution in [-0.4, -0.2) is 35.0 Å². The first-order valence-electron chi connectivity index (χ1n) is 4.71. The van der Waals surface area contributed by atoms with Crippen LogP contribution in [-0.2, 0) is 0 Å². The van der Waals surface area contributed by atoms with Gasteiger partial charge in [0.1, 0.15) is 0 Å². The highest BCUT2D eigenvalue weighted by molar-refractivity contribution is 9.09. The lowest BCUT2D eigenvalue weighted by Crippen LogP contribution is -2.42. The molecule has 0 atom stereocenters. The third-order valence-electron chi connectivity index (χ3n) is 2.43. The van der Waals surface area contributed by atoms with Crippen molar-refractivity contribution in [3.05, 3.63) is 35.4 Å². The van der Waals surface area contributed by atoms with Crippen molar-refractivity contribution in [2.75, 3.05) is 18.4 Å². The van der Waals surface area contributed by atoms with Crippen LogP contribution in [0.5, 0.6) is 0 Å². The Balaban J connectivity index is 2.40. The molecule has 1 aromatic carbocycles. The van der Waals surface area contributed by atoms with Crippen LogP contribution in [0.3, 0.4) is 0 Å². The average Bonchev–Trinajstić information content (AvgIpc) is 2.26. The lowest BCUT2D eigenvalue weighted by atomic mass is 9.98. The van der Waals surface area contributed by atoms with Crippen molar-refractivity contribution in [2.24, 2.45) is 0 Å². The largest absolute Gasteiger partial charge is 0.330 e. The Labute approximate surface area is 96.2 Å². The second-order valence-electron chi connectivity index (χ2n) is 3.38. The highest BCUT2D eigenvalue weighted by Crippen LogP contribution is 2.18. The van der Waals surface area contributed by atoms with Gasteiger partial charge in [-0.1, -0.05) is 34.1 Å². The molecule has 1 heterocycles. The van der Waals surface area contributed by atoms with Crippen LogP contribution in [0, 0.1) is 0 Å². The van der Waals surface area contributed by atoms with Gasteiger partial charge in [0.15, 0.2) is 5.78 Å². The SMILES string of the molecule is O=C1CN(CCBr)C(=O)c2ccccc21. The Kier molecular flexibility index (Phi) is 2.86. The summed E-state index contributed by atoms with van der Waals surface area (Å²) in [5.41, 5.74) is 1.07. The topological polar surface area (TPSA) is 37.4 Å². The lowest BCUT2D eigenvalue weighted by Gasteiger charge is -2.26. The van der Waals surface area contributed by atoms with E-state index in [0.717, 1.165) is 0 Å². The molecule has 0 radical (unpaired) electrons. The average molecular weight is 268 g/mol. The fraction of sp³-hybridized carbons (Fsp3) is 0.273. The van der Waals surface area contributed by atoms with E-state index in [9.17, 15) is 9.59 Å². The maximum atomic E-state index is 11.9. The van der Waals surface area contributed by atoms with Crippen LogP contribution in [0.25, 0.3) is 0 Å². The number of rotatable bonds is 2. The normalized spacial score (nSPS) is 15.4. The van der Waals surface area contributed by atoms with E-state index in [4.69, 9.17) is 0 Å². The summed E-state index contributed by atoms with van der Waals surface area (Å²) in [6.45, 7) is 0.764. The summed E-state index contributed by atoms with van der Waals surface area (Å²) in [5, 5.41) is 0.689.